The van der Waals surface area contributed by atoms with Crippen molar-refractivity contribution in [3.05, 3.63) is 58.9 Å². The van der Waals surface area contributed by atoms with E-state index in [-0.39, 0.29) is 17.4 Å². The Morgan fingerprint density at radius 2 is 1.94 bits per heavy atom. The highest BCUT2D eigenvalue weighted by Crippen LogP contribution is 2.53. The molecule has 1 unspecified atom stereocenters. The van der Waals surface area contributed by atoms with Gasteiger partial charge >= 0.3 is 17.9 Å². The minimum absolute atomic E-state index is 0.205. The van der Waals surface area contributed by atoms with Crippen molar-refractivity contribution >= 4 is 17.9 Å². The van der Waals surface area contributed by atoms with Gasteiger partial charge in [0.15, 0.2) is 0 Å². The SMILES string of the molecule is C=C1C(=O)O[C@@H]2C3=C(C)[C@@H](OC(=O)c4ccc(F)cc4)CC3[C@](C)(OC(C)=O)CC[C@@H]12. The number of halogens is 1. The Morgan fingerprint density at radius 3 is 2.58 bits per heavy atom. The Morgan fingerprint density at radius 1 is 1.26 bits per heavy atom. The average Bonchev–Trinajstić information content (AvgIpc) is 3.13. The monoisotopic (exact) mass is 428 g/mol. The fourth-order valence-corrected chi connectivity index (χ4v) is 5.18. The maximum atomic E-state index is 13.2. The Labute approximate surface area is 180 Å². The van der Waals surface area contributed by atoms with E-state index in [2.05, 4.69) is 6.58 Å². The van der Waals surface area contributed by atoms with E-state index in [1.165, 1.54) is 31.2 Å². The summed E-state index contributed by atoms with van der Waals surface area (Å²) in [5.41, 5.74) is 1.47. The minimum Gasteiger partial charge on any atom is -0.459 e. The normalized spacial score (nSPS) is 32.1. The molecule has 164 valence electrons. The molecular formula is C24H25FO6. The van der Waals surface area contributed by atoms with Gasteiger partial charge in [-0.2, -0.15) is 0 Å². The first kappa shape index (κ1) is 21.3. The van der Waals surface area contributed by atoms with E-state index in [0.29, 0.717) is 24.8 Å². The van der Waals surface area contributed by atoms with Gasteiger partial charge in [-0.25, -0.2) is 14.0 Å². The summed E-state index contributed by atoms with van der Waals surface area (Å²) in [5.74, 6) is -2.30. The molecule has 1 heterocycles. The van der Waals surface area contributed by atoms with Gasteiger partial charge in [-0.1, -0.05) is 6.58 Å². The second-order valence-corrected chi connectivity index (χ2v) is 8.73. The van der Waals surface area contributed by atoms with Crippen molar-refractivity contribution in [1.82, 2.24) is 0 Å². The van der Waals surface area contributed by atoms with E-state index >= 15 is 0 Å². The zero-order valence-electron chi connectivity index (χ0n) is 17.8. The molecule has 0 amide bonds. The lowest BCUT2D eigenvalue weighted by Gasteiger charge is -2.35. The summed E-state index contributed by atoms with van der Waals surface area (Å²) < 4.78 is 30.4. The van der Waals surface area contributed by atoms with E-state index < -0.39 is 41.5 Å². The predicted octanol–water partition coefficient (Wildman–Crippen LogP) is 3.90. The van der Waals surface area contributed by atoms with Crippen LogP contribution in [0.15, 0.2) is 47.6 Å². The largest absolute Gasteiger partial charge is 0.459 e. The van der Waals surface area contributed by atoms with Gasteiger partial charge in [-0.3, -0.25) is 4.79 Å². The van der Waals surface area contributed by atoms with Crippen LogP contribution in [0.2, 0.25) is 0 Å². The Bertz CT molecular complexity index is 994. The van der Waals surface area contributed by atoms with Gasteiger partial charge in [0, 0.05) is 24.3 Å². The van der Waals surface area contributed by atoms with Crippen LogP contribution in [0.1, 0.15) is 50.4 Å². The molecule has 0 radical (unpaired) electrons. The molecule has 0 aromatic heterocycles. The number of rotatable bonds is 3. The van der Waals surface area contributed by atoms with Crippen LogP contribution in [-0.2, 0) is 23.8 Å². The average molecular weight is 428 g/mol. The smallest absolute Gasteiger partial charge is 0.338 e. The second kappa shape index (κ2) is 7.62. The molecule has 3 aliphatic rings. The van der Waals surface area contributed by atoms with Crippen LogP contribution in [0.4, 0.5) is 4.39 Å². The molecule has 0 spiro atoms. The lowest BCUT2D eigenvalue weighted by molar-refractivity contribution is -0.161. The summed E-state index contributed by atoms with van der Waals surface area (Å²) >= 11 is 0. The molecule has 1 aromatic rings. The van der Waals surface area contributed by atoms with Gasteiger partial charge in [-0.15, -0.1) is 0 Å². The number of hydrogen-bond acceptors (Lipinski definition) is 6. The van der Waals surface area contributed by atoms with Crippen molar-refractivity contribution in [2.75, 3.05) is 0 Å². The second-order valence-electron chi connectivity index (χ2n) is 8.73. The number of carbonyl (C=O) groups is 3. The van der Waals surface area contributed by atoms with Crippen LogP contribution >= 0.6 is 0 Å². The molecule has 2 fully saturated rings. The summed E-state index contributed by atoms with van der Waals surface area (Å²) in [5, 5.41) is 0. The van der Waals surface area contributed by atoms with Crippen molar-refractivity contribution in [3.8, 4) is 0 Å². The Balaban J connectivity index is 1.68. The highest BCUT2D eigenvalue weighted by Gasteiger charge is 2.56. The summed E-state index contributed by atoms with van der Waals surface area (Å²) in [7, 11) is 0. The van der Waals surface area contributed by atoms with E-state index in [9.17, 15) is 18.8 Å². The number of fused-ring (bicyclic) bond motifs is 3. The van der Waals surface area contributed by atoms with E-state index in [1.54, 1.807) is 0 Å². The van der Waals surface area contributed by atoms with Crippen LogP contribution in [0.5, 0.6) is 0 Å². The Hall–Kier alpha value is -2.96. The van der Waals surface area contributed by atoms with Gasteiger partial charge in [0.2, 0.25) is 0 Å². The topological polar surface area (TPSA) is 78.9 Å². The number of ether oxygens (including phenoxy) is 3. The van der Waals surface area contributed by atoms with E-state index in [0.717, 1.165) is 11.1 Å². The number of hydrogen-bond donors (Lipinski definition) is 0. The van der Waals surface area contributed by atoms with Gasteiger partial charge < -0.3 is 14.2 Å². The van der Waals surface area contributed by atoms with Gasteiger partial charge in [0.1, 0.15) is 23.6 Å². The first-order chi connectivity index (χ1) is 14.6. The summed E-state index contributed by atoms with van der Waals surface area (Å²) in [4.78, 5) is 36.7. The third-order valence-electron chi connectivity index (χ3n) is 6.77. The quantitative estimate of drug-likeness (QED) is 0.314. The molecule has 6 nitrogen and oxygen atoms in total. The number of carbonyl (C=O) groups excluding carboxylic acids is 3. The van der Waals surface area contributed by atoms with Crippen molar-refractivity contribution in [1.29, 1.82) is 0 Å². The molecule has 5 atom stereocenters. The maximum Gasteiger partial charge on any atom is 0.338 e. The molecule has 0 bridgehead atoms. The van der Waals surface area contributed by atoms with Crippen LogP contribution in [0, 0.1) is 17.7 Å². The third kappa shape index (κ3) is 3.66. The lowest BCUT2D eigenvalue weighted by atomic mass is 9.81. The first-order valence-electron chi connectivity index (χ1n) is 10.4. The van der Waals surface area contributed by atoms with Gasteiger partial charge in [0.25, 0.3) is 0 Å². The zero-order chi connectivity index (χ0) is 22.5. The summed E-state index contributed by atoms with van der Waals surface area (Å²) in [6.07, 6.45) is 0.469. The van der Waals surface area contributed by atoms with E-state index in [4.69, 9.17) is 14.2 Å². The molecule has 0 N–H and O–H groups in total. The molecule has 4 rings (SSSR count). The molecule has 1 saturated heterocycles. The Kier molecular flexibility index (Phi) is 5.23. The van der Waals surface area contributed by atoms with Gasteiger partial charge in [-0.05, 0) is 68.5 Å². The lowest BCUT2D eigenvalue weighted by Crippen LogP contribution is -2.40. The molecule has 2 aliphatic carbocycles. The van der Waals surface area contributed by atoms with Crippen LogP contribution in [0.3, 0.4) is 0 Å². The number of esters is 3. The molecule has 1 aromatic carbocycles. The first-order valence-corrected chi connectivity index (χ1v) is 10.4. The van der Waals surface area contributed by atoms with Crippen molar-refractivity contribution in [2.24, 2.45) is 11.8 Å². The minimum atomic E-state index is -0.823. The molecule has 1 aliphatic heterocycles. The standard InChI is InChI=1S/C24H25FO6/c1-12-17-9-10-24(4,31-14(3)26)18-11-19(13(2)20(18)21(17)30-22(12)27)29-23(28)15-5-7-16(25)8-6-15/h5-8,17-19,21H,1,9-11H2,2-4H3/t17-,18?,19-,21-,24+/m0/s1. The van der Waals surface area contributed by atoms with Gasteiger partial charge in [0.05, 0.1) is 5.56 Å². The molecule has 31 heavy (non-hydrogen) atoms. The van der Waals surface area contributed by atoms with Crippen LogP contribution in [-0.4, -0.2) is 35.7 Å². The van der Waals surface area contributed by atoms with Crippen molar-refractivity contribution < 1.29 is 33.0 Å². The van der Waals surface area contributed by atoms with Crippen molar-refractivity contribution in [3.63, 3.8) is 0 Å². The number of benzene rings is 1. The fraction of sp³-hybridized carbons (Fsp3) is 0.458. The highest BCUT2D eigenvalue weighted by atomic mass is 19.1. The highest BCUT2D eigenvalue weighted by molar-refractivity contribution is 5.91. The molecular weight excluding hydrogens is 403 g/mol. The van der Waals surface area contributed by atoms with Crippen LogP contribution in [0.25, 0.3) is 0 Å². The third-order valence-corrected chi connectivity index (χ3v) is 6.77. The maximum absolute atomic E-state index is 13.2. The molecule has 7 heteroatoms. The van der Waals surface area contributed by atoms with Crippen LogP contribution < -0.4 is 0 Å². The van der Waals surface area contributed by atoms with Crippen molar-refractivity contribution in [2.45, 2.75) is 57.8 Å². The fourth-order valence-electron chi connectivity index (χ4n) is 5.18. The summed E-state index contributed by atoms with van der Waals surface area (Å²) in [6, 6.07) is 5.14. The molecule has 1 saturated carbocycles. The zero-order valence-corrected chi connectivity index (χ0v) is 17.8. The predicted molar refractivity (Wildman–Crippen MR) is 108 cm³/mol. The summed E-state index contributed by atoms with van der Waals surface area (Å²) in [6.45, 7) is 9.00. The van der Waals surface area contributed by atoms with E-state index in [1.807, 2.05) is 13.8 Å².